The second-order valence-corrected chi connectivity index (χ2v) is 3.93. The van der Waals surface area contributed by atoms with Gasteiger partial charge in [0, 0.05) is 13.0 Å². The number of hydrogen-bond acceptors (Lipinski definition) is 3. The second kappa shape index (κ2) is 4.75. The zero-order valence-corrected chi connectivity index (χ0v) is 8.33. The number of hydrogen-bond donors (Lipinski definition) is 1. The van der Waals surface area contributed by atoms with E-state index in [2.05, 4.69) is 5.32 Å². The minimum absolute atomic E-state index is 0.0405. The van der Waals surface area contributed by atoms with E-state index in [9.17, 15) is 4.79 Å². The number of carbonyl (C=O) groups is 1. The fraction of sp³-hybridized carbons (Fsp3) is 0.900. The summed E-state index contributed by atoms with van der Waals surface area (Å²) in [5, 5.41) is 2.87. The van der Waals surface area contributed by atoms with Crippen LogP contribution in [0.4, 0.5) is 0 Å². The van der Waals surface area contributed by atoms with Gasteiger partial charge in [0.1, 0.15) is 0 Å². The van der Waals surface area contributed by atoms with E-state index in [1.807, 2.05) is 0 Å². The normalized spacial score (nSPS) is 33.0. The monoisotopic (exact) mass is 199 g/mol. The van der Waals surface area contributed by atoms with Crippen LogP contribution in [0.3, 0.4) is 0 Å². The molecule has 0 aliphatic carbocycles. The molecule has 2 saturated heterocycles. The van der Waals surface area contributed by atoms with Gasteiger partial charge in [-0.1, -0.05) is 0 Å². The smallest absolute Gasteiger partial charge is 0.220 e. The molecule has 1 amide bonds. The Hall–Kier alpha value is -0.610. The third-order valence-electron chi connectivity index (χ3n) is 2.71. The van der Waals surface area contributed by atoms with E-state index in [-0.39, 0.29) is 18.2 Å². The van der Waals surface area contributed by atoms with Crippen LogP contribution in [-0.2, 0) is 14.3 Å². The molecule has 2 atom stereocenters. The van der Waals surface area contributed by atoms with Crippen LogP contribution in [-0.4, -0.2) is 31.5 Å². The highest BCUT2D eigenvalue weighted by Crippen LogP contribution is 2.15. The summed E-state index contributed by atoms with van der Waals surface area (Å²) < 4.78 is 11.0. The van der Waals surface area contributed by atoms with Crippen molar-refractivity contribution >= 4 is 5.91 Å². The predicted molar refractivity (Wildman–Crippen MR) is 50.7 cm³/mol. The molecule has 0 aromatic heterocycles. The zero-order valence-electron chi connectivity index (χ0n) is 8.33. The molecule has 14 heavy (non-hydrogen) atoms. The molecule has 2 aliphatic heterocycles. The van der Waals surface area contributed by atoms with Crippen LogP contribution in [0.5, 0.6) is 0 Å². The fourth-order valence-corrected chi connectivity index (χ4v) is 1.87. The molecule has 0 radical (unpaired) electrons. The molecule has 0 aromatic rings. The lowest BCUT2D eigenvalue weighted by Gasteiger charge is -2.24. The quantitative estimate of drug-likeness (QED) is 0.731. The van der Waals surface area contributed by atoms with Gasteiger partial charge < -0.3 is 14.8 Å². The van der Waals surface area contributed by atoms with Gasteiger partial charge in [0.2, 0.25) is 5.91 Å². The van der Waals surface area contributed by atoms with Crippen molar-refractivity contribution < 1.29 is 14.3 Å². The summed E-state index contributed by atoms with van der Waals surface area (Å²) in [5.74, 6) is 0.142. The van der Waals surface area contributed by atoms with E-state index in [0.717, 1.165) is 25.9 Å². The van der Waals surface area contributed by atoms with Crippen LogP contribution >= 0.6 is 0 Å². The van der Waals surface area contributed by atoms with Crippen LogP contribution in [0.1, 0.15) is 32.1 Å². The van der Waals surface area contributed by atoms with Crippen molar-refractivity contribution in [3.05, 3.63) is 0 Å². The maximum absolute atomic E-state index is 10.9. The predicted octanol–water partition coefficient (Wildman–Crippen LogP) is 0.808. The van der Waals surface area contributed by atoms with Gasteiger partial charge in [0.25, 0.3) is 0 Å². The van der Waals surface area contributed by atoms with E-state index in [4.69, 9.17) is 9.47 Å². The van der Waals surface area contributed by atoms with Gasteiger partial charge in [-0.25, -0.2) is 0 Å². The van der Waals surface area contributed by atoms with Gasteiger partial charge in [-0.15, -0.1) is 0 Å². The molecule has 0 spiro atoms. The molecular formula is C10H17NO3. The summed E-state index contributed by atoms with van der Waals surface area (Å²) >= 11 is 0. The summed E-state index contributed by atoms with van der Waals surface area (Å²) in [5.41, 5.74) is 0. The van der Waals surface area contributed by atoms with Crippen molar-refractivity contribution in [2.24, 2.45) is 0 Å². The molecule has 1 unspecified atom stereocenters. The number of amides is 1. The highest BCUT2D eigenvalue weighted by atomic mass is 16.7. The van der Waals surface area contributed by atoms with Crippen molar-refractivity contribution in [1.29, 1.82) is 0 Å². The molecule has 0 saturated carbocycles. The van der Waals surface area contributed by atoms with Crippen molar-refractivity contribution in [2.45, 2.75) is 44.4 Å². The van der Waals surface area contributed by atoms with Gasteiger partial charge >= 0.3 is 0 Å². The van der Waals surface area contributed by atoms with E-state index in [1.165, 1.54) is 6.42 Å². The van der Waals surface area contributed by atoms with Crippen molar-refractivity contribution in [3.63, 3.8) is 0 Å². The molecule has 0 bridgehead atoms. The first-order valence-electron chi connectivity index (χ1n) is 5.37. The number of rotatable bonds is 3. The summed E-state index contributed by atoms with van der Waals surface area (Å²) in [6.45, 7) is 1.40. The number of carbonyl (C=O) groups excluding carboxylic acids is 1. The molecule has 2 rings (SSSR count). The highest BCUT2D eigenvalue weighted by molar-refractivity contribution is 5.78. The molecule has 2 fully saturated rings. The van der Waals surface area contributed by atoms with Gasteiger partial charge in [-0.05, 0) is 25.7 Å². The average Bonchev–Trinajstić information content (AvgIpc) is 2.63. The third kappa shape index (κ3) is 2.69. The third-order valence-corrected chi connectivity index (χ3v) is 2.71. The van der Waals surface area contributed by atoms with Crippen LogP contribution in [0.15, 0.2) is 0 Å². The Morgan fingerprint density at radius 3 is 3.00 bits per heavy atom. The molecule has 2 heterocycles. The standard InChI is InChI=1S/C10H17NO3/c12-9-5-4-8(11-9)7-14-10-3-1-2-6-13-10/h8,10H,1-7H2,(H,11,12)/t8-,10?/m0/s1. The Bertz CT molecular complexity index is 202. The molecule has 80 valence electrons. The highest BCUT2D eigenvalue weighted by Gasteiger charge is 2.22. The zero-order chi connectivity index (χ0) is 9.80. The summed E-state index contributed by atoms with van der Waals surface area (Å²) in [7, 11) is 0. The summed E-state index contributed by atoms with van der Waals surface area (Å²) in [6.07, 6.45) is 4.80. The van der Waals surface area contributed by atoms with Crippen LogP contribution in [0.25, 0.3) is 0 Å². The molecule has 2 aliphatic rings. The topological polar surface area (TPSA) is 47.6 Å². The van der Waals surface area contributed by atoms with Crippen molar-refractivity contribution in [3.8, 4) is 0 Å². The first-order valence-corrected chi connectivity index (χ1v) is 5.37. The Morgan fingerprint density at radius 2 is 2.36 bits per heavy atom. The molecule has 1 N–H and O–H groups in total. The lowest BCUT2D eigenvalue weighted by molar-refractivity contribution is -0.165. The first-order chi connectivity index (χ1) is 6.84. The van der Waals surface area contributed by atoms with Gasteiger partial charge in [0.15, 0.2) is 6.29 Å². The molecular weight excluding hydrogens is 182 g/mol. The lowest BCUT2D eigenvalue weighted by atomic mass is 10.2. The van der Waals surface area contributed by atoms with Crippen molar-refractivity contribution in [1.82, 2.24) is 5.32 Å². The fourth-order valence-electron chi connectivity index (χ4n) is 1.87. The van der Waals surface area contributed by atoms with Crippen LogP contribution in [0.2, 0.25) is 0 Å². The van der Waals surface area contributed by atoms with E-state index >= 15 is 0 Å². The maximum atomic E-state index is 10.9. The van der Waals surface area contributed by atoms with Crippen LogP contribution in [0, 0.1) is 0 Å². The number of ether oxygens (including phenoxy) is 2. The van der Waals surface area contributed by atoms with Gasteiger partial charge in [-0.3, -0.25) is 4.79 Å². The SMILES string of the molecule is O=C1CC[C@@H](COC2CCCCO2)N1. The largest absolute Gasteiger partial charge is 0.353 e. The van der Waals surface area contributed by atoms with Crippen molar-refractivity contribution in [2.75, 3.05) is 13.2 Å². The Morgan fingerprint density at radius 1 is 1.43 bits per heavy atom. The van der Waals surface area contributed by atoms with Gasteiger partial charge in [-0.2, -0.15) is 0 Å². The second-order valence-electron chi connectivity index (χ2n) is 3.93. The Labute approximate surface area is 84.0 Å². The van der Waals surface area contributed by atoms with E-state index < -0.39 is 0 Å². The maximum Gasteiger partial charge on any atom is 0.220 e. The minimum atomic E-state index is -0.0405. The van der Waals surface area contributed by atoms with Gasteiger partial charge in [0.05, 0.1) is 12.6 Å². The molecule has 4 nitrogen and oxygen atoms in total. The first kappa shape index (κ1) is 9.93. The van der Waals surface area contributed by atoms with Crippen LogP contribution < -0.4 is 5.32 Å². The Balaban J connectivity index is 1.63. The lowest BCUT2D eigenvalue weighted by Crippen LogP contribution is -2.33. The average molecular weight is 199 g/mol. The summed E-state index contributed by atoms with van der Waals surface area (Å²) in [4.78, 5) is 10.9. The molecule has 4 heteroatoms. The van der Waals surface area contributed by atoms with E-state index in [1.54, 1.807) is 0 Å². The minimum Gasteiger partial charge on any atom is -0.353 e. The molecule has 0 aromatic carbocycles. The summed E-state index contributed by atoms with van der Waals surface area (Å²) in [6, 6.07) is 0.202. The van der Waals surface area contributed by atoms with E-state index in [0.29, 0.717) is 13.0 Å². The number of nitrogens with one attached hydrogen (secondary N) is 1. The Kier molecular flexibility index (Phi) is 3.37.